The van der Waals surface area contributed by atoms with Gasteiger partial charge in [-0.15, -0.1) is 0 Å². The minimum Gasteiger partial charge on any atom is -0.496 e. The lowest BCUT2D eigenvalue weighted by Gasteiger charge is -2.30. The smallest absolute Gasteiger partial charge is 0.339 e. The van der Waals surface area contributed by atoms with Crippen molar-refractivity contribution in [2.45, 2.75) is 12.8 Å². The van der Waals surface area contributed by atoms with Gasteiger partial charge in [-0.2, -0.15) is 0 Å². The number of aryl methyl sites for hydroxylation is 1. The van der Waals surface area contributed by atoms with Crippen LogP contribution < -0.4 is 9.64 Å². The van der Waals surface area contributed by atoms with Crippen molar-refractivity contribution in [3.8, 4) is 5.75 Å². The van der Waals surface area contributed by atoms with Crippen molar-refractivity contribution in [2.24, 2.45) is 0 Å². The standard InChI is InChI=1S/C19H19NO4/c1-24-18-9-8-14(11-15(18)19(22)23)17(21)12-20-10-4-6-13-5-2-3-7-16(13)20/h2-3,5,7-9,11H,4,6,10,12H2,1H3,(H,22,23). The van der Waals surface area contributed by atoms with E-state index in [0.717, 1.165) is 25.1 Å². The Labute approximate surface area is 140 Å². The van der Waals surface area contributed by atoms with E-state index in [0.29, 0.717) is 5.56 Å². The van der Waals surface area contributed by atoms with E-state index in [4.69, 9.17) is 4.74 Å². The van der Waals surface area contributed by atoms with Crippen LogP contribution in [-0.4, -0.2) is 37.1 Å². The monoisotopic (exact) mass is 325 g/mol. The van der Waals surface area contributed by atoms with Crippen LogP contribution in [-0.2, 0) is 6.42 Å². The van der Waals surface area contributed by atoms with E-state index in [-0.39, 0.29) is 23.6 Å². The van der Waals surface area contributed by atoms with E-state index in [1.165, 1.54) is 24.8 Å². The predicted octanol–water partition coefficient (Wildman–Crippen LogP) is 3.03. The molecule has 0 atom stereocenters. The van der Waals surface area contributed by atoms with E-state index in [9.17, 15) is 14.7 Å². The number of benzene rings is 2. The Hall–Kier alpha value is -2.82. The van der Waals surface area contributed by atoms with Gasteiger partial charge >= 0.3 is 5.97 Å². The van der Waals surface area contributed by atoms with Gasteiger partial charge in [0.1, 0.15) is 11.3 Å². The molecule has 0 spiro atoms. The second-order valence-corrected chi connectivity index (χ2v) is 5.80. The maximum absolute atomic E-state index is 12.6. The summed E-state index contributed by atoms with van der Waals surface area (Å²) in [6, 6.07) is 12.6. The van der Waals surface area contributed by atoms with E-state index >= 15 is 0 Å². The largest absolute Gasteiger partial charge is 0.496 e. The Bertz CT molecular complexity index is 785. The first-order valence-corrected chi connectivity index (χ1v) is 7.87. The Balaban J connectivity index is 1.84. The molecule has 124 valence electrons. The van der Waals surface area contributed by atoms with Crippen LogP contribution in [0.15, 0.2) is 42.5 Å². The second-order valence-electron chi connectivity index (χ2n) is 5.80. The number of ketones is 1. The number of Topliss-reactive ketones (excluding diaryl/α,β-unsaturated/α-hetero) is 1. The molecular formula is C19H19NO4. The van der Waals surface area contributed by atoms with Gasteiger partial charge in [0.05, 0.1) is 13.7 Å². The van der Waals surface area contributed by atoms with Crippen molar-refractivity contribution >= 4 is 17.4 Å². The number of aromatic carboxylic acids is 1. The van der Waals surface area contributed by atoms with Crippen LogP contribution in [0.5, 0.6) is 5.75 Å². The first-order valence-electron chi connectivity index (χ1n) is 7.87. The zero-order valence-electron chi connectivity index (χ0n) is 13.5. The molecule has 1 heterocycles. The number of carboxylic acids is 1. The molecule has 0 saturated carbocycles. The van der Waals surface area contributed by atoms with Crippen LogP contribution in [0.4, 0.5) is 5.69 Å². The summed E-state index contributed by atoms with van der Waals surface area (Å²) >= 11 is 0. The molecule has 2 aromatic rings. The highest BCUT2D eigenvalue weighted by atomic mass is 16.5. The highest BCUT2D eigenvalue weighted by Crippen LogP contribution is 2.27. The van der Waals surface area contributed by atoms with Crippen LogP contribution in [0.25, 0.3) is 0 Å². The third-order valence-corrected chi connectivity index (χ3v) is 4.29. The van der Waals surface area contributed by atoms with Crippen molar-refractivity contribution < 1.29 is 19.4 Å². The van der Waals surface area contributed by atoms with Gasteiger partial charge < -0.3 is 14.7 Å². The van der Waals surface area contributed by atoms with Crippen LogP contribution in [0.2, 0.25) is 0 Å². The third-order valence-electron chi connectivity index (χ3n) is 4.29. The number of carbonyl (C=O) groups is 2. The summed E-state index contributed by atoms with van der Waals surface area (Å²) in [7, 11) is 1.41. The Morgan fingerprint density at radius 1 is 1.21 bits per heavy atom. The van der Waals surface area contributed by atoms with Crippen molar-refractivity contribution in [2.75, 3.05) is 25.1 Å². The molecule has 24 heavy (non-hydrogen) atoms. The number of carbonyl (C=O) groups excluding carboxylic acids is 1. The van der Waals surface area contributed by atoms with Crippen molar-refractivity contribution in [1.82, 2.24) is 0 Å². The molecule has 2 aromatic carbocycles. The quantitative estimate of drug-likeness (QED) is 0.856. The van der Waals surface area contributed by atoms with Crippen molar-refractivity contribution in [1.29, 1.82) is 0 Å². The van der Waals surface area contributed by atoms with Crippen molar-refractivity contribution in [3.05, 3.63) is 59.2 Å². The fourth-order valence-corrected chi connectivity index (χ4v) is 3.09. The molecule has 0 amide bonds. The van der Waals surface area contributed by atoms with Crippen LogP contribution >= 0.6 is 0 Å². The maximum atomic E-state index is 12.6. The fraction of sp³-hybridized carbons (Fsp3) is 0.263. The molecule has 0 unspecified atom stereocenters. The SMILES string of the molecule is COc1ccc(C(=O)CN2CCCc3ccccc32)cc1C(=O)O. The number of ether oxygens (including phenoxy) is 1. The van der Waals surface area contributed by atoms with Gasteiger partial charge in [0.2, 0.25) is 0 Å². The van der Waals surface area contributed by atoms with Gasteiger partial charge in [0.15, 0.2) is 5.78 Å². The molecule has 0 fully saturated rings. The van der Waals surface area contributed by atoms with Crippen molar-refractivity contribution in [3.63, 3.8) is 0 Å². The van der Waals surface area contributed by atoms with Crippen LogP contribution in [0.1, 0.15) is 32.7 Å². The van der Waals surface area contributed by atoms with Gasteiger partial charge in [0.25, 0.3) is 0 Å². The minimum absolute atomic E-state index is 0.00222. The zero-order valence-corrected chi connectivity index (χ0v) is 13.5. The molecule has 0 bridgehead atoms. The Morgan fingerprint density at radius 2 is 2.00 bits per heavy atom. The summed E-state index contributed by atoms with van der Waals surface area (Å²) < 4.78 is 5.04. The number of para-hydroxylation sites is 1. The number of carboxylic acid groups (broad SMARTS) is 1. The van der Waals surface area contributed by atoms with E-state index in [1.54, 1.807) is 6.07 Å². The summed E-state index contributed by atoms with van der Waals surface area (Å²) in [4.78, 5) is 26.0. The molecule has 0 radical (unpaired) electrons. The number of hydrogen-bond donors (Lipinski definition) is 1. The third kappa shape index (κ3) is 3.11. The first-order chi connectivity index (χ1) is 11.6. The Kier molecular flexibility index (Phi) is 4.51. The number of methoxy groups -OCH3 is 1. The molecule has 1 N–H and O–H groups in total. The minimum atomic E-state index is -1.11. The van der Waals surface area contributed by atoms with E-state index < -0.39 is 5.97 Å². The average Bonchev–Trinajstić information content (AvgIpc) is 2.61. The highest BCUT2D eigenvalue weighted by Gasteiger charge is 2.21. The first kappa shape index (κ1) is 16.1. The van der Waals surface area contributed by atoms with Gasteiger partial charge in [-0.1, -0.05) is 18.2 Å². The number of rotatable bonds is 5. The molecule has 1 aliphatic rings. The zero-order chi connectivity index (χ0) is 17.1. The van der Waals surface area contributed by atoms with E-state index in [1.807, 2.05) is 18.2 Å². The Morgan fingerprint density at radius 3 is 2.75 bits per heavy atom. The fourth-order valence-electron chi connectivity index (χ4n) is 3.09. The summed E-state index contributed by atoms with van der Waals surface area (Å²) in [5.74, 6) is -0.955. The summed E-state index contributed by atoms with van der Waals surface area (Å²) in [6.45, 7) is 1.06. The molecule has 1 aliphatic heterocycles. The average molecular weight is 325 g/mol. The number of hydrogen-bond acceptors (Lipinski definition) is 4. The number of anilines is 1. The van der Waals surface area contributed by atoms with Gasteiger partial charge in [-0.3, -0.25) is 4.79 Å². The molecule has 3 rings (SSSR count). The lowest BCUT2D eigenvalue weighted by Crippen LogP contribution is -2.34. The summed E-state index contributed by atoms with van der Waals surface area (Å²) in [5.41, 5.74) is 2.72. The van der Waals surface area contributed by atoms with Gasteiger partial charge in [-0.25, -0.2) is 4.79 Å². The van der Waals surface area contributed by atoms with Crippen LogP contribution in [0, 0.1) is 0 Å². The van der Waals surface area contributed by atoms with E-state index in [2.05, 4.69) is 11.0 Å². The van der Waals surface area contributed by atoms with Gasteiger partial charge in [0, 0.05) is 17.8 Å². The topological polar surface area (TPSA) is 66.8 Å². The predicted molar refractivity (Wildman–Crippen MR) is 91.3 cm³/mol. The normalized spacial score (nSPS) is 13.3. The molecule has 0 aromatic heterocycles. The molecule has 0 aliphatic carbocycles. The van der Waals surface area contributed by atoms with Gasteiger partial charge in [-0.05, 0) is 42.7 Å². The lowest BCUT2D eigenvalue weighted by atomic mass is 10.0. The number of fused-ring (bicyclic) bond motifs is 1. The molecule has 5 heteroatoms. The molecular weight excluding hydrogens is 306 g/mol. The molecule has 0 saturated heterocycles. The number of nitrogens with zero attached hydrogens (tertiary/aromatic N) is 1. The molecule has 5 nitrogen and oxygen atoms in total. The summed E-state index contributed by atoms with van der Waals surface area (Å²) in [6.07, 6.45) is 2.03. The second kappa shape index (κ2) is 6.74. The highest BCUT2D eigenvalue weighted by molar-refractivity contribution is 6.02. The lowest BCUT2D eigenvalue weighted by molar-refractivity contribution is 0.0693. The maximum Gasteiger partial charge on any atom is 0.339 e. The summed E-state index contributed by atoms with van der Waals surface area (Å²) in [5, 5.41) is 9.25. The van der Waals surface area contributed by atoms with Crippen LogP contribution in [0.3, 0.4) is 0 Å².